The molecule has 0 radical (unpaired) electrons. The first-order chi connectivity index (χ1) is 26.8. The highest BCUT2D eigenvalue weighted by Gasteiger charge is 2.19. The van der Waals surface area contributed by atoms with E-state index < -0.39 is 0 Å². The lowest BCUT2D eigenvalue weighted by Gasteiger charge is -2.13. The number of hydrogen-bond acceptors (Lipinski definition) is 0. The van der Waals surface area contributed by atoms with Gasteiger partial charge in [0.05, 0.1) is 22.1 Å². The summed E-state index contributed by atoms with van der Waals surface area (Å²) in [6.07, 6.45) is 0. The maximum atomic E-state index is 2.46. The average Bonchev–Trinajstić information content (AvgIpc) is 3.76. The van der Waals surface area contributed by atoms with Gasteiger partial charge in [-0.2, -0.15) is 0 Å². The zero-order valence-electron chi connectivity index (χ0n) is 29.5. The normalized spacial score (nSPS) is 11.7. The van der Waals surface area contributed by atoms with Gasteiger partial charge in [-0.3, -0.25) is 0 Å². The number of benzene rings is 9. The van der Waals surface area contributed by atoms with Crippen molar-refractivity contribution in [3.8, 4) is 44.8 Å². The lowest BCUT2D eigenvalue weighted by Crippen LogP contribution is -1.96. The van der Waals surface area contributed by atoms with E-state index in [1.54, 1.807) is 0 Å². The fourth-order valence-corrected chi connectivity index (χ4v) is 8.57. The summed E-state index contributed by atoms with van der Waals surface area (Å²) in [5.74, 6) is 0. The molecule has 0 unspecified atom stereocenters. The molecule has 0 N–H and O–H groups in total. The second-order valence-electron chi connectivity index (χ2n) is 14.2. The van der Waals surface area contributed by atoms with E-state index in [1.165, 1.54) is 93.5 Å². The van der Waals surface area contributed by atoms with Crippen LogP contribution >= 0.6 is 0 Å². The summed E-state index contributed by atoms with van der Waals surface area (Å²) in [4.78, 5) is 0. The zero-order chi connectivity index (χ0) is 35.6. The molecule has 0 bridgehead atoms. The quantitative estimate of drug-likeness (QED) is 0.171. The van der Waals surface area contributed by atoms with Gasteiger partial charge in [-0.1, -0.05) is 152 Å². The molecule has 0 fully saturated rings. The van der Waals surface area contributed by atoms with Crippen LogP contribution in [0.3, 0.4) is 0 Å². The fourth-order valence-electron chi connectivity index (χ4n) is 8.57. The van der Waals surface area contributed by atoms with Crippen LogP contribution in [0.5, 0.6) is 0 Å². The van der Waals surface area contributed by atoms with E-state index in [0.717, 1.165) is 5.69 Å². The Morgan fingerprint density at radius 2 is 0.815 bits per heavy atom. The first kappa shape index (κ1) is 30.5. The van der Waals surface area contributed by atoms with Gasteiger partial charge < -0.3 is 9.13 Å². The third-order valence-electron chi connectivity index (χ3n) is 11.1. The van der Waals surface area contributed by atoms with E-state index in [9.17, 15) is 0 Å². The third-order valence-corrected chi connectivity index (χ3v) is 11.1. The minimum absolute atomic E-state index is 1.15. The largest absolute Gasteiger partial charge is 0.309 e. The highest BCUT2D eigenvalue weighted by Crippen LogP contribution is 2.41. The fraction of sp³-hybridized carbons (Fsp3) is 0. The van der Waals surface area contributed by atoms with Gasteiger partial charge in [-0.15, -0.1) is 0 Å². The van der Waals surface area contributed by atoms with Crippen molar-refractivity contribution in [3.63, 3.8) is 0 Å². The van der Waals surface area contributed by atoms with Crippen LogP contribution in [0.4, 0.5) is 0 Å². The van der Waals surface area contributed by atoms with Gasteiger partial charge >= 0.3 is 0 Å². The van der Waals surface area contributed by atoms with Gasteiger partial charge in [-0.25, -0.2) is 0 Å². The molecule has 0 amide bonds. The van der Waals surface area contributed by atoms with E-state index in [1.807, 2.05) is 0 Å². The van der Waals surface area contributed by atoms with Crippen molar-refractivity contribution in [3.05, 3.63) is 206 Å². The van der Waals surface area contributed by atoms with Crippen molar-refractivity contribution in [1.82, 2.24) is 9.13 Å². The van der Waals surface area contributed by atoms with Crippen molar-refractivity contribution in [2.75, 3.05) is 0 Å². The topological polar surface area (TPSA) is 9.86 Å². The van der Waals surface area contributed by atoms with Gasteiger partial charge in [-0.05, 0) is 93.2 Å². The van der Waals surface area contributed by atoms with Crippen molar-refractivity contribution in [1.29, 1.82) is 0 Å². The van der Waals surface area contributed by atoms with Crippen molar-refractivity contribution in [2.45, 2.75) is 0 Å². The second-order valence-corrected chi connectivity index (χ2v) is 14.2. The number of para-hydroxylation sites is 2. The molecule has 0 saturated carbocycles. The standard InChI is InChI=1S/C52H34N2/c1-3-13-35(14-4-1)39-19-11-20-42(31-39)54-51-30-27-41(34-48(51)46-23-12-22-44(52(46)54)37-16-5-2-6-17-37)40-26-29-50-47(33-40)45-21-9-10-24-49(45)53(50)43-28-25-36-15-7-8-18-38(36)32-43/h1-34H. The van der Waals surface area contributed by atoms with Crippen molar-refractivity contribution >= 4 is 54.4 Å². The molecule has 54 heavy (non-hydrogen) atoms. The summed E-state index contributed by atoms with van der Waals surface area (Å²) in [5.41, 5.74) is 14.4. The van der Waals surface area contributed by atoms with Gasteiger partial charge in [0.25, 0.3) is 0 Å². The van der Waals surface area contributed by atoms with Crippen LogP contribution in [0.25, 0.3) is 99.1 Å². The lowest BCUT2D eigenvalue weighted by molar-refractivity contribution is 1.18. The molecule has 2 heteroatoms. The van der Waals surface area contributed by atoms with E-state index in [0.29, 0.717) is 0 Å². The highest BCUT2D eigenvalue weighted by atomic mass is 15.0. The van der Waals surface area contributed by atoms with Crippen LogP contribution in [0.15, 0.2) is 206 Å². The van der Waals surface area contributed by atoms with Gasteiger partial charge in [0, 0.05) is 38.5 Å². The Kier molecular flexibility index (Phi) is 6.90. The van der Waals surface area contributed by atoms with E-state index >= 15 is 0 Å². The number of rotatable bonds is 5. The molecule has 11 aromatic rings. The molecule has 2 aromatic heterocycles. The Bertz CT molecular complexity index is 3200. The molecule has 0 aliphatic carbocycles. The molecular weight excluding hydrogens is 653 g/mol. The summed E-state index contributed by atoms with van der Waals surface area (Å²) >= 11 is 0. The number of nitrogens with zero attached hydrogens (tertiary/aromatic N) is 2. The maximum Gasteiger partial charge on any atom is 0.0619 e. The summed E-state index contributed by atoms with van der Waals surface area (Å²) in [7, 11) is 0. The van der Waals surface area contributed by atoms with Crippen LogP contribution in [-0.2, 0) is 0 Å². The van der Waals surface area contributed by atoms with Gasteiger partial charge in [0.2, 0.25) is 0 Å². The molecule has 11 rings (SSSR count). The molecule has 9 aromatic carbocycles. The smallest absolute Gasteiger partial charge is 0.0619 e. The molecule has 2 nitrogen and oxygen atoms in total. The Labute approximate surface area is 313 Å². The van der Waals surface area contributed by atoms with Crippen LogP contribution in [0.1, 0.15) is 0 Å². The SMILES string of the molecule is c1ccc(-c2cccc(-n3c4ccc(-c5ccc6c(c5)c5ccccc5n6-c5ccc6ccccc6c5)cc4c4cccc(-c5ccccc5)c43)c2)cc1. The Morgan fingerprint density at radius 1 is 0.259 bits per heavy atom. The Hall–Kier alpha value is -7.16. The van der Waals surface area contributed by atoms with Crippen molar-refractivity contribution < 1.29 is 0 Å². The predicted molar refractivity (Wildman–Crippen MR) is 229 cm³/mol. The second kappa shape index (κ2) is 12.2. The summed E-state index contributed by atoms with van der Waals surface area (Å²) in [6, 6.07) is 75.2. The van der Waals surface area contributed by atoms with Crippen LogP contribution in [0.2, 0.25) is 0 Å². The minimum Gasteiger partial charge on any atom is -0.309 e. The number of aromatic nitrogens is 2. The third kappa shape index (κ3) is 4.81. The first-order valence-corrected chi connectivity index (χ1v) is 18.6. The summed E-state index contributed by atoms with van der Waals surface area (Å²) in [5, 5.41) is 7.48. The molecule has 0 spiro atoms. The van der Waals surface area contributed by atoms with Crippen LogP contribution in [0, 0.1) is 0 Å². The summed E-state index contributed by atoms with van der Waals surface area (Å²) in [6.45, 7) is 0. The van der Waals surface area contributed by atoms with E-state index in [4.69, 9.17) is 0 Å². The Balaban J connectivity index is 1.12. The molecule has 0 atom stereocenters. The number of hydrogen-bond donors (Lipinski definition) is 0. The predicted octanol–water partition coefficient (Wildman–Crippen LogP) is 14.0. The first-order valence-electron chi connectivity index (χ1n) is 18.6. The zero-order valence-corrected chi connectivity index (χ0v) is 29.5. The monoisotopic (exact) mass is 686 g/mol. The van der Waals surface area contributed by atoms with Gasteiger partial charge in [0.1, 0.15) is 0 Å². The van der Waals surface area contributed by atoms with Crippen LogP contribution < -0.4 is 0 Å². The molecular formula is C52H34N2. The van der Waals surface area contributed by atoms with E-state index in [2.05, 4.69) is 215 Å². The maximum absolute atomic E-state index is 2.46. The molecule has 2 heterocycles. The van der Waals surface area contributed by atoms with Crippen LogP contribution in [-0.4, -0.2) is 9.13 Å². The molecule has 0 saturated heterocycles. The van der Waals surface area contributed by atoms with Gasteiger partial charge in [0.15, 0.2) is 0 Å². The van der Waals surface area contributed by atoms with Crippen molar-refractivity contribution in [2.24, 2.45) is 0 Å². The lowest BCUT2D eigenvalue weighted by atomic mass is 9.99. The van der Waals surface area contributed by atoms with E-state index in [-0.39, 0.29) is 0 Å². The molecule has 252 valence electrons. The highest BCUT2D eigenvalue weighted by molar-refractivity contribution is 6.15. The molecule has 0 aliphatic heterocycles. The average molecular weight is 687 g/mol. The Morgan fingerprint density at radius 3 is 1.61 bits per heavy atom. The molecule has 0 aliphatic rings. The number of fused-ring (bicyclic) bond motifs is 7. The summed E-state index contributed by atoms with van der Waals surface area (Å²) < 4.78 is 4.87. The minimum atomic E-state index is 1.15.